The summed E-state index contributed by atoms with van der Waals surface area (Å²) in [5.41, 5.74) is 4.55. The smallest absolute Gasteiger partial charge is 0.126 e. The largest absolute Gasteiger partial charge is 0.297 e. The van der Waals surface area contributed by atoms with E-state index in [-0.39, 0.29) is 39.3 Å². The fourth-order valence-corrected chi connectivity index (χ4v) is 11.5. The van der Waals surface area contributed by atoms with Gasteiger partial charge in [-0.15, -0.1) is 0 Å². The molecule has 2 saturated heterocycles. The van der Waals surface area contributed by atoms with Crippen LogP contribution in [0.4, 0.5) is 52.7 Å². The molecule has 2 aliphatic heterocycles. The van der Waals surface area contributed by atoms with Crippen LogP contribution in [0.15, 0.2) is 133 Å². The van der Waals surface area contributed by atoms with Gasteiger partial charge in [-0.2, -0.15) is 0 Å². The highest BCUT2D eigenvalue weighted by Crippen LogP contribution is 2.21. The summed E-state index contributed by atoms with van der Waals surface area (Å²) < 4.78 is 174. The van der Waals surface area contributed by atoms with Crippen molar-refractivity contribution >= 4 is 0 Å². The Hall–Kier alpha value is -6.62. The molecular formula is C66H70F12N8. The second-order valence-corrected chi connectivity index (χ2v) is 22.7. The van der Waals surface area contributed by atoms with Crippen molar-refractivity contribution in [3.05, 3.63) is 248 Å². The number of nitrogens with zero attached hydrogens (tertiary/aromatic N) is 8. The minimum atomic E-state index is -0.714. The van der Waals surface area contributed by atoms with Gasteiger partial charge in [-0.1, -0.05) is 24.3 Å². The van der Waals surface area contributed by atoms with Crippen LogP contribution < -0.4 is 0 Å². The molecule has 0 saturated carbocycles. The van der Waals surface area contributed by atoms with E-state index < -0.39 is 69.8 Å². The van der Waals surface area contributed by atoms with Crippen molar-refractivity contribution in [1.82, 2.24) is 39.2 Å². The maximum Gasteiger partial charge on any atom is 0.126 e. The molecule has 0 N–H and O–H groups in total. The molecule has 9 rings (SSSR count). The van der Waals surface area contributed by atoms with Crippen molar-refractivity contribution in [3.8, 4) is 0 Å². The van der Waals surface area contributed by atoms with Crippen LogP contribution in [0.1, 0.15) is 44.5 Å². The van der Waals surface area contributed by atoms with Gasteiger partial charge in [0.15, 0.2) is 0 Å². The highest BCUT2D eigenvalue weighted by molar-refractivity contribution is 5.25. The molecule has 8 nitrogen and oxygen atoms in total. The summed E-state index contributed by atoms with van der Waals surface area (Å²) in [6.45, 7) is 9.41. The fourth-order valence-electron chi connectivity index (χ4n) is 11.5. The zero-order chi connectivity index (χ0) is 60.7. The number of hydrogen-bond acceptors (Lipinski definition) is 8. The standard InChI is InChI=1S/C66H70F12N8/c67-55-21-49(22-56(68)33-55)41-81-9-5-79(6-10-82(42-50-23-57(69)34-58(70)24-50)14-18-85(17-13-81)45-53-29-63(75)37-64(76)30-53)39-47-1-2-48(4-3-47)40-80-7-11-83(43-51-25-59(71)35-60(72)26-51)15-19-86(46-54-31-65(77)38-66(78)32-54)20-16-84(12-8-80)44-52-27-61(73)36-62(74)28-52/h1-4,21-38H,5-20,39-46H2. The van der Waals surface area contributed by atoms with Crippen LogP contribution in [0.25, 0.3) is 0 Å². The van der Waals surface area contributed by atoms with Crippen LogP contribution in [0.3, 0.4) is 0 Å². The molecule has 0 spiro atoms. The van der Waals surface area contributed by atoms with Crippen molar-refractivity contribution in [2.24, 2.45) is 0 Å². The summed E-state index contributed by atoms with van der Waals surface area (Å²) in [6.07, 6.45) is 0. The lowest BCUT2D eigenvalue weighted by atomic mass is 10.1. The molecule has 0 aromatic heterocycles. The molecule has 2 heterocycles. The first-order chi connectivity index (χ1) is 41.3. The molecule has 86 heavy (non-hydrogen) atoms. The number of benzene rings is 7. The minimum Gasteiger partial charge on any atom is -0.297 e. The quantitative estimate of drug-likeness (QED) is 0.0884. The van der Waals surface area contributed by atoms with Crippen LogP contribution in [0.2, 0.25) is 0 Å². The topological polar surface area (TPSA) is 25.9 Å². The lowest BCUT2D eigenvalue weighted by Gasteiger charge is -2.35. The lowest BCUT2D eigenvalue weighted by Crippen LogP contribution is -2.45. The highest BCUT2D eigenvalue weighted by atomic mass is 19.2. The van der Waals surface area contributed by atoms with E-state index in [2.05, 4.69) is 29.4 Å². The molecule has 0 radical (unpaired) electrons. The van der Waals surface area contributed by atoms with Gasteiger partial charge >= 0.3 is 0 Å². The molecule has 0 unspecified atom stereocenters. The highest BCUT2D eigenvalue weighted by Gasteiger charge is 2.23. The van der Waals surface area contributed by atoms with E-state index in [0.29, 0.717) is 151 Å². The van der Waals surface area contributed by atoms with Gasteiger partial charge in [0, 0.05) is 193 Å². The van der Waals surface area contributed by atoms with E-state index in [1.165, 1.54) is 72.8 Å². The number of halogens is 12. The maximum atomic E-state index is 14.6. The van der Waals surface area contributed by atoms with Crippen molar-refractivity contribution < 1.29 is 52.7 Å². The van der Waals surface area contributed by atoms with Gasteiger partial charge in [0.1, 0.15) is 69.8 Å². The van der Waals surface area contributed by atoms with Crippen molar-refractivity contribution in [3.63, 3.8) is 0 Å². The molecule has 2 fully saturated rings. The molecule has 0 amide bonds. The average molecular weight is 1200 g/mol. The summed E-state index contributed by atoms with van der Waals surface area (Å²) in [7, 11) is 0. The molecule has 458 valence electrons. The van der Waals surface area contributed by atoms with Crippen molar-refractivity contribution in [2.75, 3.05) is 105 Å². The number of hydrogen-bond donors (Lipinski definition) is 0. The summed E-state index contributed by atoms with van der Waals surface area (Å²) in [5.74, 6) is -8.49. The van der Waals surface area contributed by atoms with Crippen LogP contribution in [0, 0.1) is 69.8 Å². The van der Waals surface area contributed by atoms with Gasteiger partial charge < -0.3 is 0 Å². The third kappa shape index (κ3) is 20.8. The van der Waals surface area contributed by atoms with E-state index in [1.54, 1.807) is 0 Å². The fraction of sp³-hybridized carbons (Fsp3) is 0.364. The first kappa shape index (κ1) is 63.9. The molecule has 0 atom stereocenters. The second kappa shape index (κ2) is 30.8. The first-order valence-corrected chi connectivity index (χ1v) is 28.9. The number of rotatable bonds is 16. The predicted molar refractivity (Wildman–Crippen MR) is 307 cm³/mol. The third-order valence-electron chi connectivity index (χ3n) is 15.7. The molecule has 0 aliphatic carbocycles. The van der Waals surface area contributed by atoms with Gasteiger partial charge in [0.2, 0.25) is 0 Å². The Labute approximate surface area is 495 Å². The Morgan fingerprint density at radius 3 is 0.384 bits per heavy atom. The Morgan fingerprint density at radius 2 is 0.267 bits per heavy atom. The van der Waals surface area contributed by atoms with Crippen LogP contribution in [-0.4, -0.2) is 144 Å². The zero-order valence-corrected chi connectivity index (χ0v) is 47.8. The molecule has 7 aromatic rings. The van der Waals surface area contributed by atoms with Crippen molar-refractivity contribution in [2.45, 2.75) is 52.4 Å². The minimum absolute atomic E-state index is 0.193. The molecule has 20 heteroatoms. The van der Waals surface area contributed by atoms with Crippen LogP contribution in [0.5, 0.6) is 0 Å². The Kier molecular flexibility index (Phi) is 22.9. The molecule has 7 aromatic carbocycles. The summed E-state index contributed by atoms with van der Waals surface area (Å²) in [4.78, 5) is 17.0. The van der Waals surface area contributed by atoms with Gasteiger partial charge in [-0.25, -0.2) is 52.7 Å². The molecule has 2 aliphatic rings. The summed E-state index contributed by atoms with van der Waals surface area (Å²) in [6, 6.07) is 28.5. The molecule has 0 bridgehead atoms. The van der Waals surface area contributed by atoms with Crippen LogP contribution >= 0.6 is 0 Å². The third-order valence-corrected chi connectivity index (χ3v) is 15.7. The second-order valence-electron chi connectivity index (χ2n) is 22.7. The predicted octanol–water partition coefficient (Wildman–Crippen LogP) is 12.0. The Bertz CT molecular complexity index is 2860. The maximum absolute atomic E-state index is 14.6. The van der Waals surface area contributed by atoms with E-state index in [9.17, 15) is 52.7 Å². The SMILES string of the molecule is Fc1cc(F)cc(CN2CCN(Cc3ccc(CN4CCN(Cc5cc(F)cc(F)c5)CCN(Cc5cc(F)cc(F)c5)CCN(Cc5cc(F)cc(F)c5)CC4)cc3)CCN(Cc3cc(F)cc(F)c3)CCN(Cc3cc(F)cc(F)c3)CC2)c1. The van der Waals surface area contributed by atoms with E-state index in [4.69, 9.17) is 0 Å². The van der Waals surface area contributed by atoms with E-state index >= 15 is 0 Å². The lowest BCUT2D eigenvalue weighted by molar-refractivity contribution is 0.121. The monoisotopic (exact) mass is 1200 g/mol. The van der Waals surface area contributed by atoms with Gasteiger partial charge in [0.25, 0.3) is 0 Å². The van der Waals surface area contributed by atoms with E-state index in [1.807, 2.05) is 34.1 Å². The Morgan fingerprint density at radius 1 is 0.163 bits per heavy atom. The Balaban J connectivity index is 0.944. The zero-order valence-electron chi connectivity index (χ0n) is 47.8. The molecular weight excluding hydrogens is 1130 g/mol. The van der Waals surface area contributed by atoms with Crippen molar-refractivity contribution in [1.29, 1.82) is 0 Å². The first-order valence-electron chi connectivity index (χ1n) is 28.9. The van der Waals surface area contributed by atoms with Gasteiger partial charge in [-0.3, -0.25) is 39.2 Å². The van der Waals surface area contributed by atoms with E-state index in [0.717, 1.165) is 47.5 Å². The van der Waals surface area contributed by atoms with Gasteiger partial charge in [-0.05, 0) is 117 Å². The summed E-state index contributed by atoms with van der Waals surface area (Å²) in [5, 5.41) is 0. The normalized spacial score (nSPS) is 17.3. The summed E-state index contributed by atoms with van der Waals surface area (Å²) >= 11 is 0. The van der Waals surface area contributed by atoms with Crippen LogP contribution in [-0.2, 0) is 52.4 Å². The van der Waals surface area contributed by atoms with Gasteiger partial charge in [0.05, 0.1) is 0 Å². The average Bonchev–Trinajstić information content (AvgIpc) is 3.47.